The van der Waals surface area contributed by atoms with E-state index in [0.717, 1.165) is 0 Å². The van der Waals surface area contributed by atoms with Gasteiger partial charge in [-0.3, -0.25) is 14.7 Å². The van der Waals surface area contributed by atoms with Gasteiger partial charge in [-0.25, -0.2) is 15.0 Å². The Balaban J connectivity index is 2.08. The first-order valence-corrected chi connectivity index (χ1v) is 6.53. The number of hydrogen-bond donors (Lipinski definition) is 1. The summed E-state index contributed by atoms with van der Waals surface area (Å²) in [7, 11) is 0. The molecular weight excluding hydrogens is 308 g/mol. The van der Waals surface area contributed by atoms with E-state index < -0.39 is 4.92 Å². The van der Waals surface area contributed by atoms with Crippen LogP contribution in [0.25, 0.3) is 5.82 Å². The third kappa shape index (κ3) is 2.72. The smallest absolute Gasteiger partial charge is 0.334 e. The zero-order chi connectivity index (χ0) is 15.5. The second kappa shape index (κ2) is 5.78. The highest BCUT2D eigenvalue weighted by Gasteiger charge is 2.24. The van der Waals surface area contributed by atoms with Crippen molar-refractivity contribution in [1.82, 2.24) is 19.5 Å². The summed E-state index contributed by atoms with van der Waals surface area (Å²) >= 11 is 5.91. The van der Waals surface area contributed by atoms with Crippen LogP contribution in [0, 0.1) is 10.1 Å². The molecule has 2 heterocycles. The number of aromatic nitrogens is 4. The minimum Gasteiger partial charge on any atom is -0.334 e. The van der Waals surface area contributed by atoms with E-state index in [0.29, 0.717) is 10.7 Å². The van der Waals surface area contributed by atoms with Crippen molar-refractivity contribution in [3.63, 3.8) is 0 Å². The first-order valence-electron chi connectivity index (χ1n) is 6.15. The van der Waals surface area contributed by atoms with Gasteiger partial charge in [-0.2, -0.15) is 0 Å². The van der Waals surface area contributed by atoms with Crippen LogP contribution in [0.15, 0.2) is 49.3 Å². The summed E-state index contributed by atoms with van der Waals surface area (Å²) in [5.74, 6) is 0.202. The van der Waals surface area contributed by atoms with E-state index in [1.165, 1.54) is 23.4 Å². The summed E-state index contributed by atoms with van der Waals surface area (Å²) in [6.07, 6.45) is 5.75. The molecule has 0 aliphatic heterocycles. The Morgan fingerprint density at radius 1 is 1.32 bits per heavy atom. The molecule has 9 heteroatoms. The number of rotatable bonds is 4. The van der Waals surface area contributed by atoms with Gasteiger partial charge in [-0.15, -0.1) is 0 Å². The summed E-state index contributed by atoms with van der Waals surface area (Å²) in [5.41, 5.74) is 0.339. The van der Waals surface area contributed by atoms with Crippen LogP contribution < -0.4 is 5.32 Å². The average Bonchev–Trinajstić information content (AvgIpc) is 3.01. The molecule has 0 bridgehead atoms. The van der Waals surface area contributed by atoms with Crippen LogP contribution in [0.3, 0.4) is 0 Å². The standard InChI is InChI=1S/C13H9ClN6O2/c14-9-2-1-3-10(6-9)18-12-11(20(21)22)13(17-7-16-12)19-5-4-15-8-19/h1-8H,(H,16,17,18). The third-order valence-electron chi connectivity index (χ3n) is 2.82. The molecule has 1 aromatic carbocycles. The van der Waals surface area contributed by atoms with Gasteiger partial charge < -0.3 is 5.32 Å². The topological polar surface area (TPSA) is 98.8 Å². The molecule has 0 amide bonds. The molecule has 0 aliphatic rings. The molecule has 0 fully saturated rings. The van der Waals surface area contributed by atoms with Crippen molar-refractivity contribution in [2.24, 2.45) is 0 Å². The lowest BCUT2D eigenvalue weighted by Gasteiger charge is -2.09. The van der Waals surface area contributed by atoms with Crippen LogP contribution in [0.2, 0.25) is 5.02 Å². The van der Waals surface area contributed by atoms with Gasteiger partial charge in [-0.1, -0.05) is 17.7 Å². The quantitative estimate of drug-likeness (QED) is 0.587. The normalized spacial score (nSPS) is 10.4. The van der Waals surface area contributed by atoms with E-state index in [-0.39, 0.29) is 17.3 Å². The Bertz CT molecular complexity index is 821. The number of anilines is 2. The first kappa shape index (κ1) is 14.0. The molecule has 3 rings (SSSR count). The SMILES string of the molecule is O=[N+]([O-])c1c(Nc2cccc(Cl)c2)ncnc1-n1ccnc1. The number of imidazole rings is 1. The summed E-state index contributed by atoms with van der Waals surface area (Å²) in [6.45, 7) is 0. The fraction of sp³-hybridized carbons (Fsp3) is 0. The van der Waals surface area contributed by atoms with Gasteiger partial charge in [-0.05, 0) is 18.2 Å². The van der Waals surface area contributed by atoms with Gasteiger partial charge in [0.25, 0.3) is 0 Å². The second-order valence-corrected chi connectivity index (χ2v) is 4.69. The molecule has 0 atom stereocenters. The lowest BCUT2D eigenvalue weighted by atomic mass is 10.3. The Morgan fingerprint density at radius 2 is 2.18 bits per heavy atom. The number of nitro groups is 1. The number of nitrogens with one attached hydrogen (secondary N) is 1. The van der Waals surface area contributed by atoms with E-state index in [2.05, 4.69) is 20.3 Å². The van der Waals surface area contributed by atoms with E-state index in [4.69, 9.17) is 11.6 Å². The van der Waals surface area contributed by atoms with Crippen LogP contribution in [-0.2, 0) is 0 Å². The molecule has 0 spiro atoms. The molecule has 0 unspecified atom stereocenters. The van der Waals surface area contributed by atoms with Gasteiger partial charge in [0.15, 0.2) is 0 Å². The molecule has 22 heavy (non-hydrogen) atoms. The molecule has 3 aromatic rings. The minimum atomic E-state index is -0.539. The van der Waals surface area contributed by atoms with Crippen molar-refractivity contribution < 1.29 is 4.92 Å². The van der Waals surface area contributed by atoms with Crippen LogP contribution in [0.5, 0.6) is 0 Å². The minimum absolute atomic E-state index is 0.0750. The Morgan fingerprint density at radius 3 is 2.86 bits per heavy atom. The average molecular weight is 317 g/mol. The fourth-order valence-corrected chi connectivity index (χ4v) is 2.10. The highest BCUT2D eigenvalue weighted by atomic mass is 35.5. The second-order valence-electron chi connectivity index (χ2n) is 4.26. The summed E-state index contributed by atoms with van der Waals surface area (Å²) < 4.78 is 1.45. The molecule has 110 valence electrons. The molecule has 0 saturated heterocycles. The van der Waals surface area contributed by atoms with Crippen molar-refractivity contribution in [3.8, 4) is 5.82 Å². The molecular formula is C13H9ClN6O2. The molecule has 0 radical (unpaired) electrons. The molecule has 8 nitrogen and oxygen atoms in total. The lowest BCUT2D eigenvalue weighted by molar-refractivity contribution is -0.384. The highest BCUT2D eigenvalue weighted by molar-refractivity contribution is 6.30. The van der Waals surface area contributed by atoms with Crippen LogP contribution >= 0.6 is 11.6 Å². The lowest BCUT2D eigenvalue weighted by Crippen LogP contribution is -2.06. The van der Waals surface area contributed by atoms with Gasteiger partial charge in [0.2, 0.25) is 11.6 Å². The number of benzene rings is 1. The third-order valence-corrected chi connectivity index (χ3v) is 3.06. The maximum atomic E-state index is 11.4. The van der Waals surface area contributed by atoms with E-state index in [1.54, 1.807) is 30.5 Å². The number of halogens is 1. The van der Waals surface area contributed by atoms with Gasteiger partial charge in [0, 0.05) is 23.1 Å². The Kier molecular flexibility index (Phi) is 3.67. The van der Waals surface area contributed by atoms with Crippen molar-refractivity contribution in [3.05, 3.63) is 64.5 Å². The van der Waals surface area contributed by atoms with E-state index in [9.17, 15) is 10.1 Å². The zero-order valence-electron chi connectivity index (χ0n) is 11.0. The molecule has 0 saturated carbocycles. The monoisotopic (exact) mass is 316 g/mol. The molecule has 0 aliphatic carbocycles. The van der Waals surface area contributed by atoms with Crippen molar-refractivity contribution >= 4 is 28.8 Å². The largest absolute Gasteiger partial charge is 0.354 e. The summed E-state index contributed by atoms with van der Waals surface area (Å²) in [6, 6.07) is 6.81. The Hall–Kier alpha value is -3.00. The van der Waals surface area contributed by atoms with Crippen LogP contribution in [0.1, 0.15) is 0 Å². The number of nitrogens with zero attached hydrogens (tertiary/aromatic N) is 5. The van der Waals surface area contributed by atoms with Crippen molar-refractivity contribution in [2.75, 3.05) is 5.32 Å². The summed E-state index contributed by atoms with van der Waals surface area (Å²) in [5, 5.41) is 14.8. The predicted octanol–water partition coefficient (Wildman–Crippen LogP) is 2.97. The summed E-state index contributed by atoms with van der Waals surface area (Å²) in [4.78, 5) is 22.7. The van der Waals surface area contributed by atoms with Gasteiger partial charge >= 0.3 is 5.69 Å². The van der Waals surface area contributed by atoms with Gasteiger partial charge in [0.05, 0.1) is 4.92 Å². The van der Waals surface area contributed by atoms with Gasteiger partial charge in [0.1, 0.15) is 12.7 Å². The Labute approximate surface area is 129 Å². The highest BCUT2D eigenvalue weighted by Crippen LogP contribution is 2.30. The molecule has 1 N–H and O–H groups in total. The predicted molar refractivity (Wildman–Crippen MR) is 80.5 cm³/mol. The van der Waals surface area contributed by atoms with Crippen LogP contribution in [-0.4, -0.2) is 24.4 Å². The molecule has 2 aromatic heterocycles. The van der Waals surface area contributed by atoms with Crippen LogP contribution in [0.4, 0.5) is 17.2 Å². The maximum Gasteiger partial charge on any atom is 0.354 e. The van der Waals surface area contributed by atoms with Crippen molar-refractivity contribution in [1.29, 1.82) is 0 Å². The fourth-order valence-electron chi connectivity index (χ4n) is 1.91. The number of hydrogen-bond acceptors (Lipinski definition) is 6. The van der Waals surface area contributed by atoms with E-state index >= 15 is 0 Å². The van der Waals surface area contributed by atoms with E-state index in [1.807, 2.05) is 0 Å². The first-order chi connectivity index (χ1) is 10.6. The van der Waals surface area contributed by atoms with Crippen molar-refractivity contribution in [2.45, 2.75) is 0 Å². The maximum absolute atomic E-state index is 11.4. The zero-order valence-corrected chi connectivity index (χ0v) is 11.8.